The lowest BCUT2D eigenvalue weighted by Crippen LogP contribution is -2.08. The van der Waals surface area contributed by atoms with Crippen LogP contribution in [0.1, 0.15) is 22.9 Å². The summed E-state index contributed by atoms with van der Waals surface area (Å²) in [7, 11) is 1.48. The highest BCUT2D eigenvalue weighted by molar-refractivity contribution is 9.10. The molecule has 3 rings (SSSR count). The van der Waals surface area contributed by atoms with E-state index in [9.17, 15) is 15.0 Å². The van der Waals surface area contributed by atoms with Gasteiger partial charge in [0.15, 0.2) is 11.5 Å². The van der Waals surface area contributed by atoms with Gasteiger partial charge in [0.2, 0.25) is 0 Å². The summed E-state index contributed by atoms with van der Waals surface area (Å²) in [4.78, 5) is 16.7. The number of phenolic OH excluding ortho intramolecular Hbond substituents is 1. The monoisotopic (exact) mass is 369 g/mol. The van der Waals surface area contributed by atoms with Crippen molar-refractivity contribution < 1.29 is 19.7 Å². The minimum Gasteiger partial charge on any atom is -0.503 e. The van der Waals surface area contributed by atoms with Crippen LogP contribution in [-0.2, 0) is 11.2 Å². The largest absolute Gasteiger partial charge is 0.503 e. The van der Waals surface area contributed by atoms with Crippen LogP contribution in [0, 0.1) is 0 Å². The van der Waals surface area contributed by atoms with Gasteiger partial charge in [0.1, 0.15) is 10.9 Å². The third-order valence-electron chi connectivity index (χ3n) is 3.51. The Kier molecular flexibility index (Phi) is 3.62. The first-order valence-corrected chi connectivity index (χ1v) is 7.91. The van der Waals surface area contributed by atoms with Crippen LogP contribution < -0.4 is 4.74 Å². The zero-order valence-corrected chi connectivity index (χ0v) is 13.5. The summed E-state index contributed by atoms with van der Waals surface area (Å²) >= 11 is 4.78. The van der Waals surface area contributed by atoms with Gasteiger partial charge in [0, 0.05) is 10.4 Å². The Morgan fingerprint density at radius 1 is 1.52 bits per heavy atom. The van der Waals surface area contributed by atoms with Gasteiger partial charge in [-0.05, 0) is 40.9 Å². The van der Waals surface area contributed by atoms with Gasteiger partial charge in [-0.3, -0.25) is 4.79 Å². The van der Waals surface area contributed by atoms with Gasteiger partial charge in [0.05, 0.1) is 17.3 Å². The van der Waals surface area contributed by atoms with E-state index < -0.39 is 11.9 Å². The highest BCUT2D eigenvalue weighted by Crippen LogP contribution is 2.43. The Morgan fingerprint density at radius 2 is 2.29 bits per heavy atom. The van der Waals surface area contributed by atoms with Crippen LogP contribution >= 0.6 is 27.3 Å². The normalized spacial score (nSPS) is 16.8. The lowest BCUT2D eigenvalue weighted by molar-refractivity contribution is -0.138. The molecule has 5 nitrogen and oxygen atoms in total. The fourth-order valence-electron chi connectivity index (χ4n) is 2.44. The first kappa shape index (κ1) is 14.3. The molecule has 0 fully saturated rings. The van der Waals surface area contributed by atoms with E-state index in [4.69, 9.17) is 4.74 Å². The van der Waals surface area contributed by atoms with E-state index in [1.165, 1.54) is 18.4 Å². The van der Waals surface area contributed by atoms with Gasteiger partial charge in [-0.1, -0.05) is 0 Å². The molecular weight excluding hydrogens is 358 g/mol. The first-order chi connectivity index (χ1) is 10.0. The van der Waals surface area contributed by atoms with Crippen LogP contribution in [0.25, 0.3) is 10.6 Å². The Bertz CT molecular complexity index is 728. The summed E-state index contributed by atoms with van der Waals surface area (Å²) in [6, 6.07) is 3.45. The summed E-state index contributed by atoms with van der Waals surface area (Å²) in [5.41, 5.74) is 1.46. The van der Waals surface area contributed by atoms with Gasteiger partial charge in [-0.25, -0.2) is 4.98 Å². The molecule has 1 atom stereocenters. The molecule has 7 heteroatoms. The Balaban J connectivity index is 2.05. The maximum absolute atomic E-state index is 11.2. The van der Waals surface area contributed by atoms with E-state index in [1.807, 2.05) is 0 Å². The number of phenols is 1. The van der Waals surface area contributed by atoms with E-state index in [0.717, 1.165) is 21.9 Å². The molecule has 1 heterocycles. The molecule has 1 aliphatic rings. The molecule has 1 aromatic heterocycles. The lowest BCUT2D eigenvalue weighted by Gasteiger charge is -2.07. The third kappa shape index (κ3) is 2.40. The number of methoxy groups -OCH3 is 1. The second-order valence-electron chi connectivity index (χ2n) is 4.77. The zero-order valence-electron chi connectivity index (χ0n) is 11.1. The van der Waals surface area contributed by atoms with Crippen molar-refractivity contribution >= 4 is 33.2 Å². The number of nitrogens with zero attached hydrogens (tertiary/aromatic N) is 1. The van der Waals surface area contributed by atoms with E-state index in [0.29, 0.717) is 22.3 Å². The number of ether oxygens (including phenoxy) is 1. The summed E-state index contributed by atoms with van der Waals surface area (Å²) < 4.78 is 5.64. The summed E-state index contributed by atoms with van der Waals surface area (Å²) in [6.07, 6.45) is 1.37. The minimum atomic E-state index is -0.824. The number of aromatic nitrogens is 1. The topological polar surface area (TPSA) is 79.7 Å². The number of carboxylic acid groups (broad SMARTS) is 1. The SMILES string of the molecule is COc1cc(-c2nc3c(s2)CCC3C(=O)O)cc(Br)c1O. The minimum absolute atomic E-state index is 0.0359. The van der Waals surface area contributed by atoms with Crippen molar-refractivity contribution in [2.45, 2.75) is 18.8 Å². The molecule has 1 aromatic carbocycles. The predicted molar refractivity (Wildman–Crippen MR) is 82.2 cm³/mol. The molecule has 0 bridgehead atoms. The van der Waals surface area contributed by atoms with Crippen molar-refractivity contribution in [3.63, 3.8) is 0 Å². The third-order valence-corrected chi connectivity index (χ3v) is 5.30. The van der Waals surface area contributed by atoms with E-state index in [1.54, 1.807) is 12.1 Å². The fourth-order valence-corrected chi connectivity index (χ4v) is 4.01. The summed E-state index contributed by atoms with van der Waals surface area (Å²) in [5.74, 6) is -0.944. The van der Waals surface area contributed by atoms with Crippen LogP contribution in [0.2, 0.25) is 0 Å². The quantitative estimate of drug-likeness (QED) is 0.866. The maximum atomic E-state index is 11.2. The van der Waals surface area contributed by atoms with Crippen molar-refractivity contribution in [1.82, 2.24) is 4.98 Å². The number of thiazole rings is 1. The van der Waals surface area contributed by atoms with Crippen LogP contribution in [-0.4, -0.2) is 28.3 Å². The molecule has 0 radical (unpaired) electrons. The van der Waals surface area contributed by atoms with Gasteiger partial charge in [-0.15, -0.1) is 11.3 Å². The van der Waals surface area contributed by atoms with Gasteiger partial charge in [0.25, 0.3) is 0 Å². The highest BCUT2D eigenvalue weighted by atomic mass is 79.9. The Morgan fingerprint density at radius 3 is 2.95 bits per heavy atom. The van der Waals surface area contributed by atoms with Crippen LogP contribution in [0.15, 0.2) is 16.6 Å². The number of fused-ring (bicyclic) bond motifs is 1. The number of halogens is 1. The molecule has 0 saturated carbocycles. The molecule has 2 N–H and O–H groups in total. The molecule has 0 saturated heterocycles. The van der Waals surface area contributed by atoms with Crippen molar-refractivity contribution in [2.24, 2.45) is 0 Å². The molecule has 1 unspecified atom stereocenters. The molecule has 2 aromatic rings. The number of aromatic hydroxyl groups is 1. The molecule has 1 aliphatic carbocycles. The Hall–Kier alpha value is -1.60. The summed E-state index contributed by atoms with van der Waals surface area (Å²) in [5, 5.41) is 19.8. The second kappa shape index (κ2) is 5.31. The molecule has 0 spiro atoms. The average Bonchev–Trinajstić information content (AvgIpc) is 3.01. The predicted octanol–water partition coefficient (Wildman–Crippen LogP) is 3.40. The average molecular weight is 370 g/mol. The molecule has 0 amide bonds. The zero-order chi connectivity index (χ0) is 15.1. The number of rotatable bonds is 3. The smallest absolute Gasteiger partial charge is 0.312 e. The fraction of sp³-hybridized carbons (Fsp3) is 0.286. The highest BCUT2D eigenvalue weighted by Gasteiger charge is 2.32. The number of aryl methyl sites for hydroxylation is 1. The number of hydrogen-bond acceptors (Lipinski definition) is 5. The van der Waals surface area contributed by atoms with Gasteiger partial charge >= 0.3 is 5.97 Å². The second-order valence-corrected chi connectivity index (χ2v) is 6.70. The van der Waals surface area contributed by atoms with Crippen LogP contribution in [0.4, 0.5) is 0 Å². The van der Waals surface area contributed by atoms with E-state index >= 15 is 0 Å². The number of carbonyl (C=O) groups is 1. The first-order valence-electron chi connectivity index (χ1n) is 6.30. The van der Waals surface area contributed by atoms with E-state index in [2.05, 4.69) is 20.9 Å². The van der Waals surface area contributed by atoms with Crippen molar-refractivity contribution in [3.8, 4) is 22.1 Å². The number of aliphatic carboxylic acids is 1. The molecular formula is C14H12BrNO4S. The number of hydrogen-bond donors (Lipinski definition) is 2. The molecule has 21 heavy (non-hydrogen) atoms. The molecule has 110 valence electrons. The Labute approximate surface area is 133 Å². The number of carboxylic acids is 1. The number of benzene rings is 1. The molecule has 0 aliphatic heterocycles. The summed E-state index contributed by atoms with van der Waals surface area (Å²) in [6.45, 7) is 0. The maximum Gasteiger partial charge on any atom is 0.312 e. The lowest BCUT2D eigenvalue weighted by atomic mass is 10.1. The van der Waals surface area contributed by atoms with Crippen LogP contribution in [0.3, 0.4) is 0 Å². The van der Waals surface area contributed by atoms with Gasteiger partial charge < -0.3 is 14.9 Å². The van der Waals surface area contributed by atoms with Gasteiger partial charge in [-0.2, -0.15) is 0 Å². The van der Waals surface area contributed by atoms with Crippen molar-refractivity contribution in [2.75, 3.05) is 7.11 Å². The standard InChI is InChI=1S/C14H12BrNO4S/c1-20-9-5-6(4-8(15)12(9)17)13-16-11-7(14(18)19)2-3-10(11)21-13/h4-5,7,17H,2-3H2,1H3,(H,18,19). The van der Waals surface area contributed by atoms with E-state index in [-0.39, 0.29) is 5.75 Å². The van der Waals surface area contributed by atoms with Crippen molar-refractivity contribution in [3.05, 3.63) is 27.2 Å². The van der Waals surface area contributed by atoms with Crippen LogP contribution in [0.5, 0.6) is 11.5 Å². The van der Waals surface area contributed by atoms with Crippen molar-refractivity contribution in [1.29, 1.82) is 0 Å².